The molecule has 1 saturated heterocycles. The molecule has 11 nitrogen and oxygen atoms in total. The second-order valence-electron chi connectivity index (χ2n) is 10.5. The molecule has 192 valence electrons. The summed E-state index contributed by atoms with van der Waals surface area (Å²) in [6.45, 7) is 5.89. The maximum Gasteiger partial charge on any atom is 0.271 e. The summed E-state index contributed by atoms with van der Waals surface area (Å²) >= 11 is 0. The largest absolute Gasteiger partial charge is 0.356 e. The lowest BCUT2D eigenvalue weighted by Gasteiger charge is -2.36. The van der Waals surface area contributed by atoms with E-state index in [0.29, 0.717) is 31.5 Å². The van der Waals surface area contributed by atoms with Gasteiger partial charge in [-0.3, -0.25) is 24.6 Å². The number of carbonyl (C=O) groups is 4. The topological polar surface area (TPSA) is 179 Å². The van der Waals surface area contributed by atoms with Crippen LogP contribution in [0.1, 0.15) is 59.3 Å². The highest BCUT2D eigenvalue weighted by atomic mass is 16.2. The smallest absolute Gasteiger partial charge is 0.271 e. The lowest BCUT2D eigenvalue weighted by Crippen LogP contribution is -2.59. The summed E-state index contributed by atoms with van der Waals surface area (Å²) in [5, 5.41) is 32.3. The molecule has 11 heteroatoms. The van der Waals surface area contributed by atoms with Crippen molar-refractivity contribution in [3.63, 3.8) is 0 Å². The van der Waals surface area contributed by atoms with E-state index < -0.39 is 47.0 Å². The number of carbonyl (C=O) groups excluding carboxylic acids is 4. The maximum absolute atomic E-state index is 13.5. The predicted octanol–water partition coefficient (Wildman–Crippen LogP) is 0.738. The van der Waals surface area contributed by atoms with Crippen LogP contribution >= 0.6 is 0 Å². The lowest BCUT2D eigenvalue weighted by atomic mass is 9.85. The molecule has 4 amide bonds. The molecule has 5 N–H and O–H groups in total. The Bertz CT molecular complexity index is 901. The third-order valence-electron chi connectivity index (χ3n) is 6.54. The van der Waals surface area contributed by atoms with E-state index in [1.807, 2.05) is 0 Å². The molecule has 35 heavy (non-hydrogen) atoms. The molecule has 0 aromatic carbocycles. The molecule has 0 aromatic rings. The maximum atomic E-state index is 13.5. The van der Waals surface area contributed by atoms with Crippen LogP contribution in [0.3, 0.4) is 0 Å². The van der Waals surface area contributed by atoms with Gasteiger partial charge in [-0.05, 0) is 37.0 Å². The number of hydrogen-bond donors (Lipinski definition) is 5. The van der Waals surface area contributed by atoms with Crippen molar-refractivity contribution in [1.82, 2.24) is 20.9 Å². The number of nitrogens with one attached hydrogen (secondary N) is 5. The van der Waals surface area contributed by atoms with Gasteiger partial charge >= 0.3 is 0 Å². The van der Waals surface area contributed by atoms with E-state index in [2.05, 4.69) is 22.0 Å². The molecule has 1 aliphatic carbocycles. The van der Waals surface area contributed by atoms with E-state index in [0.717, 1.165) is 19.3 Å². The van der Waals surface area contributed by atoms with Crippen molar-refractivity contribution in [3.8, 4) is 6.07 Å². The van der Waals surface area contributed by atoms with Gasteiger partial charge in [0.15, 0.2) is 0 Å². The number of amides is 4. The van der Waals surface area contributed by atoms with E-state index in [-0.39, 0.29) is 18.2 Å². The van der Waals surface area contributed by atoms with Gasteiger partial charge in [0, 0.05) is 25.7 Å². The highest BCUT2D eigenvalue weighted by molar-refractivity contribution is 6.59. The minimum Gasteiger partial charge on any atom is -0.356 e. The molecular formula is C24H37N7O4. The van der Waals surface area contributed by atoms with E-state index >= 15 is 0 Å². The molecule has 0 bridgehead atoms. The van der Waals surface area contributed by atoms with Crippen LogP contribution in [-0.4, -0.2) is 72.2 Å². The van der Waals surface area contributed by atoms with Crippen LogP contribution < -0.4 is 16.0 Å². The third kappa shape index (κ3) is 7.87. The van der Waals surface area contributed by atoms with Crippen LogP contribution in [0.5, 0.6) is 0 Å². The van der Waals surface area contributed by atoms with Crippen molar-refractivity contribution >= 4 is 35.6 Å². The zero-order valence-corrected chi connectivity index (χ0v) is 20.9. The lowest BCUT2D eigenvalue weighted by molar-refractivity contribution is -0.144. The second kappa shape index (κ2) is 11.9. The highest BCUT2D eigenvalue weighted by Gasteiger charge is 2.41. The van der Waals surface area contributed by atoms with Crippen molar-refractivity contribution in [1.29, 1.82) is 16.1 Å². The summed E-state index contributed by atoms with van der Waals surface area (Å²) in [6, 6.07) is -0.687. The Balaban J connectivity index is 2.17. The van der Waals surface area contributed by atoms with Crippen LogP contribution in [0.15, 0.2) is 0 Å². The Morgan fingerprint density at radius 2 is 1.89 bits per heavy atom. The molecule has 1 heterocycles. The van der Waals surface area contributed by atoms with Gasteiger partial charge in [-0.2, -0.15) is 5.26 Å². The van der Waals surface area contributed by atoms with Gasteiger partial charge in [0.05, 0.1) is 6.07 Å². The third-order valence-corrected chi connectivity index (χ3v) is 6.54. The molecule has 1 saturated carbocycles. The Morgan fingerprint density at radius 3 is 2.40 bits per heavy atom. The Labute approximate surface area is 206 Å². The molecule has 0 aromatic heterocycles. The number of hydrogen-bond acceptors (Lipinski definition) is 7. The van der Waals surface area contributed by atoms with Crippen molar-refractivity contribution in [2.45, 2.75) is 77.4 Å². The molecule has 1 aliphatic heterocycles. The summed E-state index contributed by atoms with van der Waals surface area (Å²) in [6.07, 6.45) is 4.60. The molecule has 4 atom stereocenters. The average molecular weight is 488 g/mol. The molecule has 0 spiro atoms. The summed E-state index contributed by atoms with van der Waals surface area (Å²) < 4.78 is 0. The summed E-state index contributed by atoms with van der Waals surface area (Å²) in [4.78, 5) is 52.4. The first-order chi connectivity index (χ1) is 16.4. The number of nitriles is 1. The van der Waals surface area contributed by atoms with Crippen molar-refractivity contribution in [2.24, 2.45) is 17.3 Å². The number of piperidine rings is 1. The Kier molecular flexibility index (Phi) is 9.51. The Morgan fingerprint density at radius 1 is 1.23 bits per heavy atom. The quantitative estimate of drug-likeness (QED) is 0.269. The molecule has 0 radical (unpaired) electrons. The van der Waals surface area contributed by atoms with Gasteiger partial charge in [0.2, 0.25) is 17.7 Å². The molecular weight excluding hydrogens is 450 g/mol. The van der Waals surface area contributed by atoms with E-state index in [9.17, 15) is 24.4 Å². The highest BCUT2D eigenvalue weighted by Crippen LogP contribution is 2.35. The zero-order chi connectivity index (χ0) is 26.3. The summed E-state index contributed by atoms with van der Waals surface area (Å²) in [7, 11) is 1.50. The van der Waals surface area contributed by atoms with Crippen LogP contribution in [0.25, 0.3) is 0 Å². The monoisotopic (exact) mass is 487 g/mol. The molecule has 2 aliphatic rings. The van der Waals surface area contributed by atoms with E-state index in [1.54, 1.807) is 20.8 Å². The standard InChI is InChI=1S/C24H37N7O4/c1-24(2,3)19(30-21(33)17(27)13-26)23(35)31(4)18(10-14-7-8-14)22(34)29-16(12-25)11-15-6-5-9-28-20(15)32/h13-16,18-19,26-27H,5-11H2,1-4H3,(H,28,32)(H,29,34)(H,30,33)/t15-,16-,18-,19+/m0/s1. The fourth-order valence-corrected chi connectivity index (χ4v) is 4.15. The SMILES string of the molecule is CN(C(=O)[C@@H](NC(=O)C(=N)C=N)C(C)(C)C)[C@@H](CC1CC1)C(=O)N[C@H](C#N)C[C@@H]1CCCNC1=O. The van der Waals surface area contributed by atoms with E-state index in [4.69, 9.17) is 10.8 Å². The zero-order valence-electron chi connectivity index (χ0n) is 20.9. The summed E-state index contributed by atoms with van der Waals surface area (Å²) in [5.41, 5.74) is -1.31. The first-order valence-electron chi connectivity index (χ1n) is 12.0. The molecule has 0 unspecified atom stereocenters. The predicted molar refractivity (Wildman–Crippen MR) is 130 cm³/mol. The van der Waals surface area contributed by atoms with Gasteiger partial charge in [-0.15, -0.1) is 0 Å². The number of likely N-dealkylation sites (N-methyl/N-ethyl adjacent to an activating group) is 1. The minimum atomic E-state index is -1.03. The number of rotatable bonds is 11. The normalized spacial score (nSPS) is 20.3. The van der Waals surface area contributed by atoms with Crippen LogP contribution in [0.2, 0.25) is 0 Å². The van der Waals surface area contributed by atoms with Crippen LogP contribution in [-0.2, 0) is 19.2 Å². The second-order valence-corrected chi connectivity index (χ2v) is 10.5. The van der Waals surface area contributed by atoms with Crippen molar-refractivity contribution in [3.05, 3.63) is 0 Å². The van der Waals surface area contributed by atoms with Crippen molar-refractivity contribution < 1.29 is 19.2 Å². The van der Waals surface area contributed by atoms with Crippen molar-refractivity contribution in [2.75, 3.05) is 13.6 Å². The van der Waals surface area contributed by atoms with E-state index in [1.165, 1.54) is 11.9 Å². The average Bonchev–Trinajstić information content (AvgIpc) is 3.63. The van der Waals surface area contributed by atoms with Gasteiger partial charge in [0.25, 0.3) is 5.91 Å². The first-order valence-corrected chi connectivity index (χ1v) is 12.0. The summed E-state index contributed by atoms with van der Waals surface area (Å²) in [5.74, 6) is -1.99. The fraction of sp³-hybridized carbons (Fsp3) is 0.708. The first kappa shape index (κ1) is 28.0. The Hall–Kier alpha value is -3.29. The molecule has 2 rings (SSSR count). The molecule has 2 fully saturated rings. The van der Waals surface area contributed by atoms with Gasteiger partial charge in [-0.25, -0.2) is 0 Å². The minimum absolute atomic E-state index is 0.119. The van der Waals surface area contributed by atoms with Gasteiger partial charge < -0.3 is 26.3 Å². The fourth-order valence-electron chi connectivity index (χ4n) is 4.15. The van der Waals surface area contributed by atoms with Crippen LogP contribution in [0.4, 0.5) is 0 Å². The van der Waals surface area contributed by atoms with Gasteiger partial charge in [-0.1, -0.05) is 33.6 Å². The van der Waals surface area contributed by atoms with Gasteiger partial charge in [0.1, 0.15) is 23.8 Å². The number of nitrogens with zero attached hydrogens (tertiary/aromatic N) is 2. The van der Waals surface area contributed by atoms with Crippen LogP contribution in [0, 0.1) is 39.4 Å².